The van der Waals surface area contributed by atoms with E-state index in [4.69, 9.17) is 0 Å². The highest BCUT2D eigenvalue weighted by atomic mass is 32.2. The van der Waals surface area contributed by atoms with Gasteiger partial charge in [0, 0.05) is 18.3 Å². The summed E-state index contributed by atoms with van der Waals surface area (Å²) >= 11 is 0. The van der Waals surface area contributed by atoms with E-state index < -0.39 is 10.0 Å². The van der Waals surface area contributed by atoms with Gasteiger partial charge in [-0.3, -0.25) is 0 Å². The second-order valence-electron chi connectivity index (χ2n) is 5.50. The summed E-state index contributed by atoms with van der Waals surface area (Å²) in [6.07, 6.45) is 3.14. The minimum Gasteiger partial charge on any atom is -0.244 e. The number of hydrogen-bond donors (Lipinski definition) is 0. The number of aromatic nitrogens is 2. The lowest BCUT2D eigenvalue weighted by atomic mass is 10.1. The SMILES string of the molecule is Cc1cc(C)c(S(=O)(=O)N2Cc3cncnc3C2)c(C)c1. The number of aryl methyl sites for hydroxylation is 3. The third-order valence-corrected chi connectivity index (χ3v) is 5.85. The highest BCUT2D eigenvalue weighted by molar-refractivity contribution is 7.89. The summed E-state index contributed by atoms with van der Waals surface area (Å²) in [7, 11) is -3.52. The lowest BCUT2D eigenvalue weighted by molar-refractivity contribution is 0.429. The summed E-state index contributed by atoms with van der Waals surface area (Å²) in [6, 6.07) is 3.81. The van der Waals surface area contributed by atoms with E-state index in [1.807, 2.05) is 32.9 Å². The summed E-state index contributed by atoms with van der Waals surface area (Å²) in [6.45, 7) is 6.31. The van der Waals surface area contributed by atoms with Crippen LogP contribution in [0.25, 0.3) is 0 Å². The molecule has 0 N–H and O–H groups in total. The molecule has 0 amide bonds. The molecular formula is C15H17N3O2S. The van der Waals surface area contributed by atoms with Gasteiger partial charge >= 0.3 is 0 Å². The summed E-state index contributed by atoms with van der Waals surface area (Å²) in [5.74, 6) is 0. The molecule has 0 unspecified atom stereocenters. The Hall–Kier alpha value is -1.79. The van der Waals surface area contributed by atoms with E-state index in [1.165, 1.54) is 10.6 Å². The molecule has 0 saturated heterocycles. The Bertz CT molecular complexity index is 767. The molecule has 0 spiro atoms. The zero-order valence-electron chi connectivity index (χ0n) is 12.3. The van der Waals surface area contributed by atoms with Crippen LogP contribution in [0.4, 0.5) is 0 Å². The fourth-order valence-electron chi connectivity index (χ4n) is 2.94. The normalized spacial score (nSPS) is 15.2. The zero-order valence-corrected chi connectivity index (χ0v) is 13.1. The van der Waals surface area contributed by atoms with E-state index in [0.717, 1.165) is 27.9 Å². The van der Waals surface area contributed by atoms with Crippen LogP contribution in [0.2, 0.25) is 0 Å². The van der Waals surface area contributed by atoms with Crippen molar-refractivity contribution in [1.82, 2.24) is 14.3 Å². The highest BCUT2D eigenvalue weighted by Gasteiger charge is 2.33. The first-order chi connectivity index (χ1) is 9.89. The van der Waals surface area contributed by atoms with Crippen LogP contribution in [0.15, 0.2) is 29.6 Å². The fraction of sp³-hybridized carbons (Fsp3) is 0.333. The van der Waals surface area contributed by atoms with Gasteiger partial charge in [-0.05, 0) is 31.9 Å². The van der Waals surface area contributed by atoms with E-state index in [1.54, 1.807) is 6.20 Å². The van der Waals surface area contributed by atoms with E-state index in [2.05, 4.69) is 9.97 Å². The van der Waals surface area contributed by atoms with Crippen molar-refractivity contribution < 1.29 is 8.42 Å². The number of rotatable bonds is 2. The highest BCUT2D eigenvalue weighted by Crippen LogP contribution is 2.30. The maximum atomic E-state index is 12.9. The molecule has 6 heteroatoms. The Kier molecular flexibility index (Phi) is 3.30. The van der Waals surface area contributed by atoms with Crippen LogP contribution in [-0.2, 0) is 23.1 Å². The smallest absolute Gasteiger partial charge is 0.244 e. The molecule has 1 aromatic heterocycles. The van der Waals surface area contributed by atoms with Crippen molar-refractivity contribution in [2.75, 3.05) is 0 Å². The second kappa shape index (κ2) is 4.89. The molecule has 0 saturated carbocycles. The predicted octanol–water partition coefficient (Wildman–Crippen LogP) is 2.11. The minimum absolute atomic E-state index is 0.312. The van der Waals surface area contributed by atoms with E-state index >= 15 is 0 Å². The van der Waals surface area contributed by atoms with Gasteiger partial charge in [-0.25, -0.2) is 18.4 Å². The van der Waals surface area contributed by atoms with Gasteiger partial charge < -0.3 is 0 Å². The number of benzene rings is 1. The topological polar surface area (TPSA) is 63.2 Å². The molecule has 1 aromatic carbocycles. The van der Waals surface area contributed by atoms with Gasteiger partial charge in [0.25, 0.3) is 0 Å². The number of hydrogen-bond acceptors (Lipinski definition) is 4. The second-order valence-corrected chi connectivity index (χ2v) is 7.37. The van der Waals surface area contributed by atoms with Gasteiger partial charge in [-0.2, -0.15) is 4.31 Å². The number of nitrogens with zero attached hydrogens (tertiary/aromatic N) is 3. The van der Waals surface area contributed by atoms with Crippen LogP contribution in [-0.4, -0.2) is 22.7 Å². The number of fused-ring (bicyclic) bond motifs is 1. The summed E-state index contributed by atoms with van der Waals surface area (Å²) in [5, 5.41) is 0. The van der Waals surface area contributed by atoms with Gasteiger partial charge in [0.15, 0.2) is 0 Å². The first-order valence-corrected chi connectivity index (χ1v) is 8.19. The largest absolute Gasteiger partial charge is 0.244 e. The van der Waals surface area contributed by atoms with Crippen molar-refractivity contribution in [2.45, 2.75) is 38.8 Å². The molecule has 3 rings (SSSR count). The van der Waals surface area contributed by atoms with E-state index in [9.17, 15) is 8.42 Å². The Balaban J connectivity index is 2.04. The summed E-state index contributed by atoms with van der Waals surface area (Å²) < 4.78 is 27.3. The van der Waals surface area contributed by atoms with E-state index in [0.29, 0.717) is 18.0 Å². The van der Waals surface area contributed by atoms with Crippen molar-refractivity contribution in [1.29, 1.82) is 0 Å². The average molecular weight is 303 g/mol. The lowest BCUT2D eigenvalue weighted by Crippen LogP contribution is -2.27. The molecule has 0 radical (unpaired) electrons. The Morgan fingerprint density at radius 1 is 1.10 bits per heavy atom. The van der Waals surface area contributed by atoms with Crippen LogP contribution in [0.3, 0.4) is 0 Å². The van der Waals surface area contributed by atoms with Crippen molar-refractivity contribution in [2.24, 2.45) is 0 Å². The lowest BCUT2D eigenvalue weighted by Gasteiger charge is -2.19. The molecule has 1 aliphatic heterocycles. The quantitative estimate of drug-likeness (QED) is 0.852. The molecule has 21 heavy (non-hydrogen) atoms. The molecule has 0 atom stereocenters. The monoisotopic (exact) mass is 303 g/mol. The van der Waals surface area contributed by atoms with Crippen molar-refractivity contribution >= 4 is 10.0 Å². The molecule has 2 aromatic rings. The van der Waals surface area contributed by atoms with Gasteiger partial charge in [0.05, 0.1) is 17.1 Å². The van der Waals surface area contributed by atoms with Gasteiger partial charge in [-0.1, -0.05) is 17.7 Å². The van der Waals surface area contributed by atoms with Crippen LogP contribution in [0.5, 0.6) is 0 Å². The number of sulfonamides is 1. The fourth-order valence-corrected chi connectivity index (χ4v) is 4.73. The van der Waals surface area contributed by atoms with Crippen LogP contribution in [0, 0.1) is 20.8 Å². The van der Waals surface area contributed by atoms with Gasteiger partial charge in [-0.15, -0.1) is 0 Å². The maximum absolute atomic E-state index is 12.9. The molecule has 0 bridgehead atoms. The molecule has 0 fully saturated rings. The third-order valence-electron chi connectivity index (χ3n) is 3.76. The van der Waals surface area contributed by atoms with Crippen molar-refractivity contribution in [3.05, 3.63) is 52.6 Å². The van der Waals surface area contributed by atoms with E-state index in [-0.39, 0.29) is 0 Å². The Morgan fingerprint density at radius 2 is 1.76 bits per heavy atom. The van der Waals surface area contributed by atoms with Crippen molar-refractivity contribution in [3.63, 3.8) is 0 Å². The first-order valence-electron chi connectivity index (χ1n) is 6.75. The summed E-state index contributed by atoms with van der Waals surface area (Å²) in [5.41, 5.74) is 4.31. The van der Waals surface area contributed by atoms with Crippen LogP contribution in [0.1, 0.15) is 27.9 Å². The predicted molar refractivity (Wildman–Crippen MR) is 79.1 cm³/mol. The molecule has 0 aliphatic carbocycles. The maximum Gasteiger partial charge on any atom is 0.244 e. The van der Waals surface area contributed by atoms with Gasteiger partial charge in [0.1, 0.15) is 6.33 Å². The molecule has 1 aliphatic rings. The summed E-state index contributed by atoms with van der Waals surface area (Å²) in [4.78, 5) is 8.53. The zero-order chi connectivity index (χ0) is 15.2. The molecular weight excluding hydrogens is 286 g/mol. The average Bonchev–Trinajstić information content (AvgIpc) is 2.81. The molecule has 2 heterocycles. The first kappa shape index (κ1) is 14.2. The Labute approximate surface area is 124 Å². The Morgan fingerprint density at radius 3 is 2.38 bits per heavy atom. The minimum atomic E-state index is -3.52. The third kappa shape index (κ3) is 2.34. The van der Waals surface area contributed by atoms with Crippen molar-refractivity contribution in [3.8, 4) is 0 Å². The molecule has 5 nitrogen and oxygen atoms in total. The van der Waals surface area contributed by atoms with Crippen LogP contribution >= 0.6 is 0 Å². The standard InChI is InChI=1S/C15H17N3O2S/c1-10-4-11(2)15(12(3)5-10)21(19,20)18-7-13-6-16-9-17-14(13)8-18/h4-6,9H,7-8H2,1-3H3. The molecule has 110 valence electrons. The van der Waals surface area contributed by atoms with Crippen LogP contribution < -0.4 is 0 Å². The van der Waals surface area contributed by atoms with Gasteiger partial charge in [0.2, 0.25) is 10.0 Å².